The van der Waals surface area contributed by atoms with Crippen LogP contribution >= 0.6 is 11.6 Å². The number of rotatable bonds is 4. The fourth-order valence-corrected chi connectivity index (χ4v) is 1.54. The van der Waals surface area contributed by atoms with Crippen LogP contribution in [0.25, 0.3) is 0 Å². The van der Waals surface area contributed by atoms with Crippen LogP contribution in [-0.2, 0) is 6.54 Å². The van der Waals surface area contributed by atoms with Gasteiger partial charge in [0.15, 0.2) is 0 Å². The van der Waals surface area contributed by atoms with Crippen molar-refractivity contribution in [2.24, 2.45) is 0 Å². The second-order valence-electron chi connectivity index (χ2n) is 3.76. The number of aromatic carboxylic acids is 1. The van der Waals surface area contributed by atoms with E-state index in [1.165, 1.54) is 6.07 Å². The highest BCUT2D eigenvalue weighted by Gasteiger charge is 2.08. The molecule has 2 aromatic heterocycles. The fourth-order valence-electron chi connectivity index (χ4n) is 1.43. The molecular formula is C12H11ClN2O3. The largest absolute Gasteiger partial charge is 0.475 e. The molecule has 0 aliphatic carbocycles. The first-order valence-corrected chi connectivity index (χ1v) is 5.62. The number of nitrogens with one attached hydrogen (secondary N) is 1. The van der Waals surface area contributed by atoms with Crippen molar-refractivity contribution < 1.29 is 14.3 Å². The monoisotopic (exact) mass is 266 g/mol. The molecule has 2 rings (SSSR count). The molecule has 0 aliphatic rings. The summed E-state index contributed by atoms with van der Waals surface area (Å²) in [5, 5.41) is 12.2. The molecule has 0 bridgehead atoms. The second-order valence-corrected chi connectivity index (χ2v) is 4.11. The summed E-state index contributed by atoms with van der Waals surface area (Å²) in [5.41, 5.74) is 1.66. The molecular weight excluding hydrogens is 256 g/mol. The first kappa shape index (κ1) is 12.4. The van der Waals surface area contributed by atoms with E-state index < -0.39 is 5.97 Å². The van der Waals surface area contributed by atoms with Crippen LogP contribution in [0.3, 0.4) is 0 Å². The molecule has 0 unspecified atom stereocenters. The van der Waals surface area contributed by atoms with Crippen molar-refractivity contribution in [1.82, 2.24) is 4.98 Å². The predicted octanol–water partition coefficient (Wildman–Crippen LogP) is 2.95. The molecule has 2 heterocycles. The van der Waals surface area contributed by atoms with E-state index in [0.717, 1.165) is 11.3 Å². The number of hydrogen-bond donors (Lipinski definition) is 2. The van der Waals surface area contributed by atoms with E-state index in [2.05, 4.69) is 10.3 Å². The van der Waals surface area contributed by atoms with E-state index in [1.807, 2.05) is 13.0 Å². The summed E-state index contributed by atoms with van der Waals surface area (Å²) in [5.74, 6) is -0.609. The molecule has 0 saturated heterocycles. The highest BCUT2D eigenvalue weighted by Crippen LogP contribution is 2.17. The number of aryl methyl sites for hydroxylation is 1. The summed E-state index contributed by atoms with van der Waals surface area (Å²) in [6.45, 7) is 2.24. The van der Waals surface area contributed by atoms with Crippen molar-refractivity contribution in [2.75, 3.05) is 5.32 Å². The fraction of sp³-hybridized carbons (Fsp3) is 0.167. The quantitative estimate of drug-likeness (QED) is 0.832. The maximum Gasteiger partial charge on any atom is 0.371 e. The lowest BCUT2D eigenvalue weighted by Gasteiger charge is -2.05. The maximum atomic E-state index is 10.6. The van der Waals surface area contributed by atoms with Gasteiger partial charge in [0.05, 0.1) is 18.4 Å². The Balaban J connectivity index is 2.02. The molecule has 18 heavy (non-hydrogen) atoms. The Labute approximate surface area is 108 Å². The molecule has 0 saturated carbocycles. The number of carboxylic acids is 1. The van der Waals surface area contributed by atoms with Gasteiger partial charge in [-0.25, -0.2) is 9.78 Å². The van der Waals surface area contributed by atoms with Crippen LogP contribution in [0.4, 0.5) is 5.69 Å². The molecule has 0 amide bonds. The Hall–Kier alpha value is -2.01. The minimum absolute atomic E-state index is 0.0720. The van der Waals surface area contributed by atoms with Crippen LogP contribution in [-0.4, -0.2) is 16.1 Å². The summed E-state index contributed by atoms with van der Waals surface area (Å²) in [7, 11) is 0. The minimum Gasteiger partial charge on any atom is -0.475 e. The third-order valence-corrected chi connectivity index (χ3v) is 2.75. The molecule has 2 N–H and O–H groups in total. The number of pyridine rings is 1. The summed E-state index contributed by atoms with van der Waals surface area (Å²) in [6, 6.07) is 4.90. The van der Waals surface area contributed by atoms with Gasteiger partial charge in [0.2, 0.25) is 5.76 Å². The lowest BCUT2D eigenvalue weighted by molar-refractivity contribution is 0.0660. The smallest absolute Gasteiger partial charge is 0.371 e. The predicted molar refractivity (Wildman–Crippen MR) is 67.0 cm³/mol. The molecule has 0 fully saturated rings. The number of halogens is 1. The Morgan fingerprint density at radius 1 is 1.56 bits per heavy atom. The van der Waals surface area contributed by atoms with Gasteiger partial charge in [-0.2, -0.15) is 0 Å². The first-order chi connectivity index (χ1) is 8.56. The third-order valence-electron chi connectivity index (χ3n) is 2.35. The van der Waals surface area contributed by atoms with Gasteiger partial charge in [0.25, 0.3) is 0 Å². The van der Waals surface area contributed by atoms with Crippen molar-refractivity contribution in [1.29, 1.82) is 0 Å². The zero-order valence-electron chi connectivity index (χ0n) is 9.61. The van der Waals surface area contributed by atoms with E-state index >= 15 is 0 Å². The molecule has 5 nitrogen and oxygen atoms in total. The van der Waals surface area contributed by atoms with Crippen LogP contribution < -0.4 is 5.32 Å². The number of carboxylic acid groups (broad SMARTS) is 1. The lowest BCUT2D eigenvalue weighted by atomic mass is 10.3. The van der Waals surface area contributed by atoms with Crippen molar-refractivity contribution in [3.63, 3.8) is 0 Å². The summed E-state index contributed by atoms with van der Waals surface area (Å²) in [6.07, 6.45) is 1.61. The normalized spacial score (nSPS) is 10.3. The summed E-state index contributed by atoms with van der Waals surface area (Å²) in [4.78, 5) is 14.6. The highest BCUT2D eigenvalue weighted by atomic mass is 35.5. The average Bonchev–Trinajstić information content (AvgIpc) is 2.79. The van der Waals surface area contributed by atoms with Gasteiger partial charge in [-0.1, -0.05) is 11.6 Å². The van der Waals surface area contributed by atoms with Crippen LogP contribution in [0.5, 0.6) is 0 Å². The van der Waals surface area contributed by atoms with E-state index in [-0.39, 0.29) is 5.76 Å². The Bertz CT molecular complexity index is 580. The molecule has 2 aromatic rings. The van der Waals surface area contributed by atoms with Crippen LogP contribution in [0.1, 0.15) is 21.9 Å². The third kappa shape index (κ3) is 2.81. The molecule has 0 aliphatic heterocycles. The molecule has 0 spiro atoms. The maximum absolute atomic E-state index is 10.6. The van der Waals surface area contributed by atoms with Gasteiger partial charge in [-0.3, -0.25) is 0 Å². The van der Waals surface area contributed by atoms with Gasteiger partial charge >= 0.3 is 5.97 Å². The van der Waals surface area contributed by atoms with Crippen LogP contribution in [0.2, 0.25) is 5.15 Å². The van der Waals surface area contributed by atoms with Crippen molar-refractivity contribution in [3.8, 4) is 0 Å². The SMILES string of the molecule is Cc1cc(NCc2ccc(C(=O)O)o2)cnc1Cl. The molecule has 94 valence electrons. The number of carbonyl (C=O) groups is 1. The summed E-state index contributed by atoms with van der Waals surface area (Å²) < 4.78 is 5.11. The van der Waals surface area contributed by atoms with E-state index in [1.54, 1.807) is 12.3 Å². The number of hydrogen-bond acceptors (Lipinski definition) is 4. The number of furan rings is 1. The lowest BCUT2D eigenvalue weighted by Crippen LogP contribution is -1.99. The van der Waals surface area contributed by atoms with Gasteiger partial charge < -0.3 is 14.8 Å². The Morgan fingerprint density at radius 2 is 2.33 bits per heavy atom. The summed E-state index contributed by atoms with van der Waals surface area (Å²) >= 11 is 5.81. The molecule has 0 aromatic carbocycles. The van der Waals surface area contributed by atoms with Crippen molar-refractivity contribution >= 4 is 23.3 Å². The zero-order valence-corrected chi connectivity index (χ0v) is 10.4. The number of nitrogens with zero attached hydrogens (tertiary/aromatic N) is 1. The van der Waals surface area contributed by atoms with E-state index in [0.29, 0.717) is 17.5 Å². The van der Waals surface area contributed by atoms with Gasteiger partial charge in [0.1, 0.15) is 10.9 Å². The zero-order chi connectivity index (χ0) is 13.1. The second kappa shape index (κ2) is 5.10. The van der Waals surface area contributed by atoms with Crippen LogP contribution in [0, 0.1) is 6.92 Å². The number of aromatic nitrogens is 1. The highest BCUT2D eigenvalue weighted by molar-refractivity contribution is 6.30. The van der Waals surface area contributed by atoms with E-state index in [4.69, 9.17) is 21.1 Å². The Morgan fingerprint density at radius 3 is 2.94 bits per heavy atom. The first-order valence-electron chi connectivity index (χ1n) is 5.24. The van der Waals surface area contributed by atoms with Gasteiger partial charge in [0, 0.05) is 0 Å². The molecule has 0 atom stereocenters. The van der Waals surface area contributed by atoms with E-state index in [9.17, 15) is 4.79 Å². The van der Waals surface area contributed by atoms with Crippen molar-refractivity contribution in [2.45, 2.75) is 13.5 Å². The van der Waals surface area contributed by atoms with Gasteiger partial charge in [-0.05, 0) is 30.7 Å². The topological polar surface area (TPSA) is 75.4 Å². The van der Waals surface area contributed by atoms with Crippen molar-refractivity contribution in [3.05, 3.63) is 46.6 Å². The number of anilines is 1. The van der Waals surface area contributed by atoms with Crippen LogP contribution in [0.15, 0.2) is 28.8 Å². The minimum atomic E-state index is -1.08. The van der Waals surface area contributed by atoms with Gasteiger partial charge in [-0.15, -0.1) is 0 Å². The average molecular weight is 267 g/mol. The molecule has 6 heteroatoms. The standard InChI is InChI=1S/C12H11ClN2O3/c1-7-4-8(5-15-11(7)13)14-6-9-2-3-10(18-9)12(16)17/h2-5,14H,6H2,1H3,(H,16,17). The molecule has 0 radical (unpaired) electrons. The Kier molecular flexibility index (Phi) is 3.53.